The Morgan fingerprint density at radius 3 is 2.62 bits per heavy atom. The van der Waals surface area contributed by atoms with Crippen molar-refractivity contribution >= 4 is 23.0 Å². The Balaban J connectivity index is 1.49. The van der Waals surface area contributed by atoms with Gasteiger partial charge in [-0.2, -0.15) is 0 Å². The molecule has 148 valence electrons. The van der Waals surface area contributed by atoms with Crippen molar-refractivity contribution in [1.29, 1.82) is 0 Å². The van der Waals surface area contributed by atoms with Crippen molar-refractivity contribution in [2.75, 3.05) is 13.2 Å². The number of benzene rings is 2. The van der Waals surface area contributed by atoms with Crippen molar-refractivity contribution in [1.82, 2.24) is 15.3 Å². The van der Waals surface area contributed by atoms with Crippen molar-refractivity contribution in [3.05, 3.63) is 66.0 Å². The third-order valence-corrected chi connectivity index (χ3v) is 4.76. The molecular weight excluding hydrogens is 366 g/mol. The van der Waals surface area contributed by atoms with Crippen LogP contribution in [0.15, 0.2) is 54.7 Å². The van der Waals surface area contributed by atoms with Crippen LogP contribution in [0.5, 0.6) is 11.5 Å². The lowest BCUT2D eigenvalue weighted by Crippen LogP contribution is -2.30. The molecule has 1 aliphatic rings. The minimum atomic E-state index is -0.187. The minimum absolute atomic E-state index is 0.148. The highest BCUT2D eigenvalue weighted by molar-refractivity contribution is 5.92. The van der Waals surface area contributed by atoms with Gasteiger partial charge in [0.1, 0.15) is 13.2 Å². The molecule has 0 saturated heterocycles. The first kappa shape index (κ1) is 18.9. The highest BCUT2D eigenvalue weighted by atomic mass is 16.6. The van der Waals surface area contributed by atoms with Gasteiger partial charge < -0.3 is 14.8 Å². The standard InChI is InChI=1S/C23H23N3O3/c1-15(2)23(16-7-9-20-21(13-16)29-12-11-28-20)26-22(27)10-8-17-14-24-18-5-3-4-6-19(18)25-17/h3-10,13-15,23H,11-12H2,1-2H3,(H,26,27)/b10-8+. The largest absolute Gasteiger partial charge is 0.486 e. The summed E-state index contributed by atoms with van der Waals surface area (Å²) >= 11 is 0. The van der Waals surface area contributed by atoms with Gasteiger partial charge in [-0.3, -0.25) is 9.78 Å². The SMILES string of the molecule is CC(C)C(NC(=O)/C=C/c1cnc2ccccc2n1)c1ccc2c(c1)OCCO2. The zero-order chi connectivity index (χ0) is 20.2. The maximum Gasteiger partial charge on any atom is 0.244 e. The van der Waals surface area contributed by atoms with Crippen molar-refractivity contribution in [3.8, 4) is 11.5 Å². The number of nitrogens with one attached hydrogen (secondary N) is 1. The third kappa shape index (κ3) is 4.37. The second kappa shape index (κ2) is 8.31. The Morgan fingerprint density at radius 1 is 1.07 bits per heavy atom. The summed E-state index contributed by atoms with van der Waals surface area (Å²) in [5.41, 5.74) is 3.25. The molecule has 3 aromatic rings. The number of rotatable bonds is 5. The van der Waals surface area contributed by atoms with Crippen LogP contribution in [0.2, 0.25) is 0 Å². The third-order valence-electron chi connectivity index (χ3n) is 4.76. The number of para-hydroxylation sites is 2. The Kier molecular flexibility index (Phi) is 5.42. The van der Waals surface area contributed by atoms with E-state index in [1.165, 1.54) is 6.08 Å². The number of carbonyl (C=O) groups excluding carboxylic acids is 1. The van der Waals surface area contributed by atoms with Crippen LogP contribution in [0.1, 0.15) is 31.1 Å². The van der Waals surface area contributed by atoms with Crippen molar-refractivity contribution in [3.63, 3.8) is 0 Å². The summed E-state index contributed by atoms with van der Waals surface area (Å²) in [6.07, 6.45) is 4.83. The van der Waals surface area contributed by atoms with E-state index in [9.17, 15) is 4.79 Å². The van der Waals surface area contributed by atoms with E-state index in [1.807, 2.05) is 42.5 Å². The number of amides is 1. The summed E-state index contributed by atoms with van der Waals surface area (Å²) in [6.45, 7) is 5.23. The summed E-state index contributed by atoms with van der Waals surface area (Å²) in [7, 11) is 0. The second-order valence-corrected chi connectivity index (χ2v) is 7.25. The van der Waals surface area contributed by atoms with Crippen LogP contribution in [0.3, 0.4) is 0 Å². The van der Waals surface area contributed by atoms with E-state index in [0.29, 0.717) is 18.9 Å². The van der Waals surface area contributed by atoms with Gasteiger partial charge in [0.25, 0.3) is 0 Å². The lowest BCUT2D eigenvalue weighted by Gasteiger charge is -2.25. The average molecular weight is 389 g/mol. The Bertz CT molecular complexity index is 1060. The van der Waals surface area contributed by atoms with Gasteiger partial charge in [0, 0.05) is 6.08 Å². The molecular formula is C23H23N3O3. The van der Waals surface area contributed by atoms with Crippen molar-refractivity contribution in [2.45, 2.75) is 19.9 Å². The van der Waals surface area contributed by atoms with Crippen LogP contribution in [-0.2, 0) is 4.79 Å². The van der Waals surface area contributed by atoms with Crippen LogP contribution in [-0.4, -0.2) is 29.1 Å². The number of nitrogens with zero attached hydrogens (tertiary/aromatic N) is 2. The number of fused-ring (bicyclic) bond motifs is 2. The molecule has 4 rings (SSSR count). The summed E-state index contributed by atoms with van der Waals surface area (Å²) in [6, 6.07) is 13.3. The van der Waals surface area contributed by atoms with E-state index in [1.54, 1.807) is 12.3 Å². The predicted molar refractivity (Wildman–Crippen MR) is 112 cm³/mol. The maximum atomic E-state index is 12.6. The molecule has 1 aromatic heterocycles. The lowest BCUT2D eigenvalue weighted by molar-refractivity contribution is -0.117. The van der Waals surface area contributed by atoms with E-state index in [2.05, 4.69) is 29.1 Å². The number of hydrogen-bond donors (Lipinski definition) is 1. The van der Waals surface area contributed by atoms with Gasteiger partial charge in [0.2, 0.25) is 5.91 Å². The molecule has 6 nitrogen and oxygen atoms in total. The zero-order valence-corrected chi connectivity index (χ0v) is 16.5. The topological polar surface area (TPSA) is 73.3 Å². The van der Waals surface area contributed by atoms with Gasteiger partial charge in [-0.1, -0.05) is 32.0 Å². The van der Waals surface area contributed by atoms with Gasteiger partial charge in [0.05, 0.1) is 29.0 Å². The summed E-state index contributed by atoms with van der Waals surface area (Å²) in [5.74, 6) is 1.48. The number of carbonyl (C=O) groups is 1. The van der Waals surface area contributed by atoms with Gasteiger partial charge in [-0.05, 0) is 41.8 Å². The fourth-order valence-electron chi connectivity index (χ4n) is 3.30. The van der Waals surface area contributed by atoms with Crippen LogP contribution < -0.4 is 14.8 Å². The molecule has 2 heterocycles. The zero-order valence-electron chi connectivity index (χ0n) is 16.5. The maximum absolute atomic E-state index is 12.6. The van der Waals surface area contributed by atoms with Gasteiger partial charge >= 0.3 is 0 Å². The lowest BCUT2D eigenvalue weighted by atomic mass is 9.95. The Hall–Kier alpha value is -3.41. The van der Waals surface area contributed by atoms with Gasteiger partial charge in [-0.15, -0.1) is 0 Å². The smallest absolute Gasteiger partial charge is 0.244 e. The number of ether oxygens (including phenoxy) is 2. The molecule has 0 saturated carbocycles. The highest BCUT2D eigenvalue weighted by Gasteiger charge is 2.20. The van der Waals surface area contributed by atoms with E-state index in [0.717, 1.165) is 28.1 Å². The molecule has 29 heavy (non-hydrogen) atoms. The molecule has 0 spiro atoms. The van der Waals surface area contributed by atoms with Crippen LogP contribution in [0.4, 0.5) is 0 Å². The van der Waals surface area contributed by atoms with Crippen molar-refractivity contribution < 1.29 is 14.3 Å². The summed E-state index contributed by atoms with van der Waals surface area (Å²) in [4.78, 5) is 21.4. The Labute approximate surface area is 169 Å². The molecule has 1 atom stereocenters. The van der Waals surface area contributed by atoms with E-state index < -0.39 is 0 Å². The summed E-state index contributed by atoms with van der Waals surface area (Å²) < 4.78 is 11.3. The fraction of sp³-hybridized carbons (Fsp3) is 0.261. The van der Waals surface area contributed by atoms with E-state index >= 15 is 0 Å². The quantitative estimate of drug-likeness (QED) is 0.670. The molecule has 1 aliphatic heterocycles. The molecule has 2 aromatic carbocycles. The van der Waals surface area contributed by atoms with Gasteiger partial charge in [-0.25, -0.2) is 4.98 Å². The molecule has 0 bridgehead atoms. The van der Waals surface area contributed by atoms with Gasteiger partial charge in [0.15, 0.2) is 11.5 Å². The molecule has 6 heteroatoms. The second-order valence-electron chi connectivity index (χ2n) is 7.25. The minimum Gasteiger partial charge on any atom is -0.486 e. The van der Waals surface area contributed by atoms with Crippen LogP contribution >= 0.6 is 0 Å². The number of aromatic nitrogens is 2. The number of hydrogen-bond acceptors (Lipinski definition) is 5. The molecule has 0 aliphatic carbocycles. The average Bonchev–Trinajstić information content (AvgIpc) is 2.75. The van der Waals surface area contributed by atoms with E-state index in [4.69, 9.17) is 9.47 Å². The molecule has 1 amide bonds. The van der Waals surface area contributed by atoms with Crippen LogP contribution in [0, 0.1) is 5.92 Å². The molecule has 0 radical (unpaired) electrons. The summed E-state index contributed by atoms with van der Waals surface area (Å²) in [5, 5.41) is 3.08. The van der Waals surface area contributed by atoms with Crippen molar-refractivity contribution in [2.24, 2.45) is 5.92 Å². The fourth-order valence-corrected chi connectivity index (χ4v) is 3.30. The first-order valence-corrected chi connectivity index (χ1v) is 9.70. The molecule has 0 fully saturated rings. The predicted octanol–water partition coefficient (Wildman–Crippen LogP) is 3.93. The first-order chi connectivity index (χ1) is 14.1. The van der Waals surface area contributed by atoms with E-state index in [-0.39, 0.29) is 17.9 Å². The van der Waals surface area contributed by atoms with Crippen LogP contribution in [0.25, 0.3) is 17.1 Å². The molecule has 1 N–H and O–H groups in total. The molecule has 1 unspecified atom stereocenters. The Morgan fingerprint density at radius 2 is 1.83 bits per heavy atom. The normalized spacial score (nSPS) is 14.3. The monoisotopic (exact) mass is 389 g/mol. The highest BCUT2D eigenvalue weighted by Crippen LogP contribution is 2.34. The first-order valence-electron chi connectivity index (χ1n) is 9.70.